The second-order valence-electron chi connectivity index (χ2n) is 6.54. The van der Waals surface area contributed by atoms with Crippen molar-refractivity contribution < 1.29 is 4.79 Å². The van der Waals surface area contributed by atoms with Gasteiger partial charge in [-0.2, -0.15) is 0 Å². The van der Waals surface area contributed by atoms with Gasteiger partial charge in [0.05, 0.1) is 6.54 Å². The van der Waals surface area contributed by atoms with E-state index < -0.39 is 0 Å². The zero-order valence-electron chi connectivity index (χ0n) is 16.9. The number of halogens is 1. The first-order chi connectivity index (χ1) is 13.1. The predicted octanol–water partition coefficient (Wildman–Crippen LogP) is 3.85. The minimum atomic E-state index is 0. The summed E-state index contributed by atoms with van der Waals surface area (Å²) in [5.74, 6) is 0.855. The van der Waals surface area contributed by atoms with Crippen molar-refractivity contribution in [2.45, 2.75) is 40.3 Å². The first-order valence-electron chi connectivity index (χ1n) is 9.65. The topological polar surface area (TPSA) is 70.4 Å². The molecule has 2 rings (SSSR count). The highest BCUT2D eigenvalue weighted by molar-refractivity contribution is 14.0. The number of aromatic nitrogens is 1. The largest absolute Gasteiger partial charge is 0.357 e. The normalized spacial score (nSPS) is 12.0. The molecule has 7 heteroatoms. The molecule has 0 aliphatic heterocycles. The second-order valence-corrected chi connectivity index (χ2v) is 6.54. The fourth-order valence-electron chi connectivity index (χ4n) is 2.53. The quantitative estimate of drug-likeness (QED) is 0.280. The Bertz CT molecular complexity index is 730. The third-order valence-corrected chi connectivity index (χ3v) is 4.35. The van der Waals surface area contributed by atoms with Gasteiger partial charge in [0.1, 0.15) is 0 Å². The third-order valence-electron chi connectivity index (χ3n) is 4.35. The molecule has 2 aromatic rings. The van der Waals surface area contributed by atoms with Crippen molar-refractivity contribution in [2.24, 2.45) is 10.9 Å². The molecular formula is C21H32IN5O. The van der Waals surface area contributed by atoms with E-state index in [0.29, 0.717) is 6.54 Å². The summed E-state index contributed by atoms with van der Waals surface area (Å²) < 4.78 is 2.13. The number of benzene rings is 1. The van der Waals surface area contributed by atoms with Crippen molar-refractivity contribution in [3.05, 3.63) is 54.4 Å². The SMILES string of the molecule is CCNC(=NCc1cccc(NC(=O)C(C)CC)c1)NCCn1cccc1.I. The molecule has 0 saturated heterocycles. The molecule has 0 fully saturated rings. The maximum absolute atomic E-state index is 12.1. The standard InChI is InChI=1S/C21H31N5O.HI/c1-4-17(3)20(27)25-19-10-8-9-18(15-19)16-24-21(22-5-2)23-11-14-26-12-6-7-13-26;/h6-10,12-13,15,17H,4-5,11,14,16H2,1-3H3,(H,25,27)(H2,22,23,24);1H. The molecule has 6 nitrogen and oxygen atoms in total. The monoisotopic (exact) mass is 497 g/mol. The summed E-state index contributed by atoms with van der Waals surface area (Å²) in [6.07, 6.45) is 4.92. The number of amides is 1. The van der Waals surface area contributed by atoms with E-state index in [9.17, 15) is 4.79 Å². The molecule has 1 aromatic heterocycles. The molecule has 0 saturated carbocycles. The molecule has 0 radical (unpaired) electrons. The van der Waals surface area contributed by atoms with E-state index in [1.807, 2.05) is 69.6 Å². The predicted molar refractivity (Wildman–Crippen MR) is 127 cm³/mol. The number of nitrogens with zero attached hydrogens (tertiary/aromatic N) is 2. The Hall–Kier alpha value is -2.03. The van der Waals surface area contributed by atoms with Crippen molar-refractivity contribution in [2.75, 3.05) is 18.4 Å². The van der Waals surface area contributed by atoms with Crippen LogP contribution in [0.25, 0.3) is 0 Å². The summed E-state index contributed by atoms with van der Waals surface area (Å²) in [6.45, 7) is 9.03. The van der Waals surface area contributed by atoms with Crippen molar-refractivity contribution in [3.8, 4) is 0 Å². The number of aliphatic imine (C=N–C) groups is 1. The molecule has 0 aliphatic carbocycles. The lowest BCUT2D eigenvalue weighted by atomic mass is 10.1. The molecule has 1 atom stereocenters. The molecule has 1 heterocycles. The zero-order chi connectivity index (χ0) is 19.5. The minimum absolute atomic E-state index is 0. The molecular weight excluding hydrogens is 465 g/mol. The summed E-state index contributed by atoms with van der Waals surface area (Å²) in [6, 6.07) is 11.9. The van der Waals surface area contributed by atoms with Crippen molar-refractivity contribution >= 4 is 41.5 Å². The Kier molecular flexibility index (Phi) is 11.3. The van der Waals surface area contributed by atoms with Crippen LogP contribution in [0.15, 0.2) is 53.8 Å². The van der Waals surface area contributed by atoms with Crippen LogP contribution in [0.2, 0.25) is 0 Å². The maximum Gasteiger partial charge on any atom is 0.227 e. The van der Waals surface area contributed by atoms with Crippen LogP contribution >= 0.6 is 24.0 Å². The molecule has 1 unspecified atom stereocenters. The van der Waals surface area contributed by atoms with Gasteiger partial charge >= 0.3 is 0 Å². The first kappa shape index (κ1) is 24.0. The lowest BCUT2D eigenvalue weighted by Gasteiger charge is -2.12. The second kappa shape index (κ2) is 13.2. The van der Waals surface area contributed by atoms with Crippen LogP contribution in [0, 0.1) is 5.92 Å². The van der Waals surface area contributed by atoms with Gasteiger partial charge in [-0.25, -0.2) is 4.99 Å². The fraction of sp³-hybridized carbons (Fsp3) is 0.429. The smallest absolute Gasteiger partial charge is 0.227 e. The van der Waals surface area contributed by atoms with Gasteiger partial charge in [-0.05, 0) is 43.2 Å². The summed E-state index contributed by atoms with van der Waals surface area (Å²) in [7, 11) is 0. The summed E-state index contributed by atoms with van der Waals surface area (Å²) >= 11 is 0. The van der Waals surface area contributed by atoms with Gasteiger partial charge in [-0.1, -0.05) is 26.0 Å². The Balaban J connectivity index is 0.00000392. The molecule has 3 N–H and O–H groups in total. The lowest BCUT2D eigenvalue weighted by molar-refractivity contribution is -0.119. The van der Waals surface area contributed by atoms with Crippen molar-refractivity contribution in [3.63, 3.8) is 0 Å². The van der Waals surface area contributed by atoms with Crippen LogP contribution in [0.3, 0.4) is 0 Å². The maximum atomic E-state index is 12.1. The van der Waals surface area contributed by atoms with Crippen LogP contribution in [-0.2, 0) is 17.9 Å². The Morgan fingerprint density at radius 2 is 1.89 bits per heavy atom. The van der Waals surface area contributed by atoms with Gasteiger partial charge in [0.25, 0.3) is 0 Å². The van der Waals surface area contributed by atoms with Gasteiger partial charge in [0.2, 0.25) is 5.91 Å². The highest BCUT2D eigenvalue weighted by Crippen LogP contribution is 2.13. The van der Waals surface area contributed by atoms with Crippen molar-refractivity contribution in [1.29, 1.82) is 0 Å². The average molecular weight is 497 g/mol. The fourth-order valence-corrected chi connectivity index (χ4v) is 2.53. The van der Waals surface area contributed by atoms with Gasteiger partial charge in [0, 0.05) is 43.6 Å². The minimum Gasteiger partial charge on any atom is -0.357 e. The molecule has 1 aromatic carbocycles. The van der Waals surface area contributed by atoms with E-state index >= 15 is 0 Å². The summed E-state index contributed by atoms with van der Waals surface area (Å²) in [4.78, 5) is 16.7. The molecule has 154 valence electrons. The highest BCUT2D eigenvalue weighted by Gasteiger charge is 2.10. The number of nitrogens with one attached hydrogen (secondary N) is 3. The number of hydrogen-bond donors (Lipinski definition) is 3. The molecule has 1 amide bonds. The number of rotatable bonds is 9. The van der Waals surface area contributed by atoms with Crippen LogP contribution in [-0.4, -0.2) is 29.5 Å². The Labute approximate surface area is 185 Å². The van der Waals surface area contributed by atoms with Gasteiger partial charge in [-0.3, -0.25) is 4.79 Å². The number of anilines is 1. The summed E-state index contributed by atoms with van der Waals surface area (Å²) in [5.41, 5.74) is 1.87. The zero-order valence-corrected chi connectivity index (χ0v) is 19.3. The van der Waals surface area contributed by atoms with E-state index in [2.05, 4.69) is 25.5 Å². The van der Waals surface area contributed by atoms with E-state index in [-0.39, 0.29) is 35.8 Å². The lowest BCUT2D eigenvalue weighted by Crippen LogP contribution is -2.38. The van der Waals surface area contributed by atoms with Crippen LogP contribution in [0.4, 0.5) is 5.69 Å². The molecule has 0 spiro atoms. The van der Waals surface area contributed by atoms with E-state index in [0.717, 1.165) is 43.3 Å². The van der Waals surface area contributed by atoms with Crippen LogP contribution < -0.4 is 16.0 Å². The number of hydrogen-bond acceptors (Lipinski definition) is 2. The van der Waals surface area contributed by atoms with Gasteiger partial charge in [0.15, 0.2) is 5.96 Å². The summed E-state index contributed by atoms with van der Waals surface area (Å²) in [5, 5.41) is 9.58. The molecule has 0 aliphatic rings. The molecule has 0 bridgehead atoms. The van der Waals surface area contributed by atoms with Gasteiger partial charge in [-0.15, -0.1) is 24.0 Å². The number of carbonyl (C=O) groups excluding carboxylic acids is 1. The first-order valence-corrected chi connectivity index (χ1v) is 9.65. The number of carbonyl (C=O) groups is 1. The van der Waals surface area contributed by atoms with E-state index in [1.165, 1.54) is 0 Å². The van der Waals surface area contributed by atoms with Crippen LogP contribution in [0.1, 0.15) is 32.8 Å². The Morgan fingerprint density at radius 1 is 1.14 bits per heavy atom. The Morgan fingerprint density at radius 3 is 2.57 bits per heavy atom. The highest BCUT2D eigenvalue weighted by atomic mass is 127. The van der Waals surface area contributed by atoms with Gasteiger partial charge < -0.3 is 20.5 Å². The third kappa shape index (κ3) is 8.33. The van der Waals surface area contributed by atoms with E-state index in [4.69, 9.17) is 0 Å². The average Bonchev–Trinajstić information content (AvgIpc) is 3.19. The van der Waals surface area contributed by atoms with Crippen molar-refractivity contribution in [1.82, 2.24) is 15.2 Å². The molecule has 28 heavy (non-hydrogen) atoms. The van der Waals surface area contributed by atoms with E-state index in [1.54, 1.807) is 0 Å². The van der Waals surface area contributed by atoms with Crippen LogP contribution in [0.5, 0.6) is 0 Å². The number of guanidine groups is 1.